The number of piperidine rings is 1. The molecule has 2 saturated heterocycles. The summed E-state index contributed by atoms with van der Waals surface area (Å²) in [4.78, 5) is 2.84. The van der Waals surface area contributed by atoms with Gasteiger partial charge in [-0.25, -0.2) is 0 Å². The number of rotatable bonds is 6. The van der Waals surface area contributed by atoms with Gasteiger partial charge in [0.05, 0.1) is 0 Å². The number of hydrogen-bond acceptors (Lipinski definition) is 3. The average molecular weight is 256 g/mol. The molecule has 0 aromatic rings. The van der Waals surface area contributed by atoms with Gasteiger partial charge in [-0.1, -0.05) is 13.8 Å². The molecular formula is C14H28N2S. The van der Waals surface area contributed by atoms with Crippen molar-refractivity contribution < 1.29 is 0 Å². The third-order valence-corrected chi connectivity index (χ3v) is 5.48. The lowest BCUT2D eigenvalue weighted by Crippen LogP contribution is -2.52. The molecule has 3 atom stereocenters. The van der Waals surface area contributed by atoms with E-state index in [0.717, 1.165) is 30.7 Å². The van der Waals surface area contributed by atoms with E-state index in [2.05, 4.69) is 42.7 Å². The molecule has 0 aromatic carbocycles. The topological polar surface area (TPSA) is 15.3 Å². The van der Waals surface area contributed by atoms with Crippen LogP contribution in [0.15, 0.2) is 0 Å². The fraction of sp³-hybridized carbons (Fsp3) is 1.00. The number of fused-ring (bicyclic) bond motifs is 2. The van der Waals surface area contributed by atoms with Crippen LogP contribution < -0.4 is 5.32 Å². The molecule has 2 rings (SSSR count). The molecule has 2 heterocycles. The molecule has 2 nitrogen and oxygen atoms in total. The largest absolute Gasteiger partial charge is 0.314 e. The lowest BCUT2D eigenvalue weighted by atomic mass is 9.96. The van der Waals surface area contributed by atoms with Crippen molar-refractivity contribution in [1.29, 1.82) is 0 Å². The molecule has 0 aromatic heterocycles. The van der Waals surface area contributed by atoms with Crippen LogP contribution in [0, 0.1) is 0 Å². The van der Waals surface area contributed by atoms with E-state index in [-0.39, 0.29) is 0 Å². The molecule has 3 heteroatoms. The zero-order chi connectivity index (χ0) is 12.3. The Morgan fingerprint density at radius 2 is 1.88 bits per heavy atom. The summed E-state index contributed by atoms with van der Waals surface area (Å²) in [7, 11) is 0. The molecule has 1 N–H and O–H groups in total. The van der Waals surface area contributed by atoms with Gasteiger partial charge in [-0.05, 0) is 44.9 Å². The van der Waals surface area contributed by atoms with Gasteiger partial charge in [-0.15, -0.1) is 0 Å². The minimum Gasteiger partial charge on any atom is -0.314 e. The van der Waals surface area contributed by atoms with E-state index in [9.17, 15) is 0 Å². The highest BCUT2D eigenvalue weighted by Gasteiger charge is 2.42. The van der Waals surface area contributed by atoms with E-state index in [4.69, 9.17) is 0 Å². The molecule has 17 heavy (non-hydrogen) atoms. The van der Waals surface area contributed by atoms with Gasteiger partial charge < -0.3 is 5.32 Å². The van der Waals surface area contributed by atoms with Crippen LogP contribution >= 0.6 is 11.8 Å². The van der Waals surface area contributed by atoms with Crippen molar-refractivity contribution in [3.05, 3.63) is 0 Å². The Morgan fingerprint density at radius 3 is 2.41 bits per heavy atom. The van der Waals surface area contributed by atoms with Crippen molar-refractivity contribution in [2.24, 2.45) is 0 Å². The third kappa shape index (κ3) is 3.18. The van der Waals surface area contributed by atoms with Crippen LogP contribution in [0.4, 0.5) is 0 Å². The van der Waals surface area contributed by atoms with Crippen molar-refractivity contribution in [2.75, 3.05) is 18.1 Å². The molecule has 2 bridgehead atoms. The summed E-state index contributed by atoms with van der Waals surface area (Å²) in [5.41, 5.74) is 0. The second-order valence-electron chi connectivity index (χ2n) is 5.57. The molecule has 2 fully saturated rings. The highest BCUT2D eigenvalue weighted by molar-refractivity contribution is 7.99. The minimum absolute atomic E-state index is 0.778. The van der Waals surface area contributed by atoms with Gasteiger partial charge in [0.25, 0.3) is 0 Å². The van der Waals surface area contributed by atoms with Crippen LogP contribution in [0.1, 0.15) is 46.5 Å². The summed E-state index contributed by atoms with van der Waals surface area (Å²) in [6.07, 6.45) is 5.64. The highest BCUT2D eigenvalue weighted by atomic mass is 32.2. The van der Waals surface area contributed by atoms with Crippen molar-refractivity contribution in [1.82, 2.24) is 10.2 Å². The van der Waals surface area contributed by atoms with Crippen LogP contribution in [0.5, 0.6) is 0 Å². The first kappa shape index (κ1) is 13.7. The van der Waals surface area contributed by atoms with Gasteiger partial charge in [0.2, 0.25) is 0 Å². The monoisotopic (exact) mass is 256 g/mol. The summed E-state index contributed by atoms with van der Waals surface area (Å²) in [5, 5.41) is 3.66. The number of thioether (sulfide) groups is 1. The Bertz CT molecular complexity index is 220. The third-order valence-electron chi connectivity index (χ3n) is 4.35. The number of hydrogen-bond donors (Lipinski definition) is 1. The van der Waals surface area contributed by atoms with E-state index in [1.54, 1.807) is 0 Å². The highest BCUT2D eigenvalue weighted by Crippen LogP contribution is 2.37. The first-order valence-electron chi connectivity index (χ1n) is 7.34. The Hall–Kier alpha value is 0.270. The van der Waals surface area contributed by atoms with E-state index in [1.807, 2.05) is 0 Å². The Morgan fingerprint density at radius 1 is 1.24 bits per heavy atom. The van der Waals surface area contributed by atoms with E-state index in [1.165, 1.54) is 37.2 Å². The molecule has 2 aliphatic heterocycles. The van der Waals surface area contributed by atoms with E-state index in [0.29, 0.717) is 0 Å². The number of nitrogens with zero attached hydrogens (tertiary/aromatic N) is 1. The maximum atomic E-state index is 3.66. The Kier molecular flexibility index (Phi) is 5.19. The molecule has 0 aliphatic carbocycles. The van der Waals surface area contributed by atoms with Crippen LogP contribution in [-0.4, -0.2) is 47.1 Å². The molecule has 0 radical (unpaired) electrons. The van der Waals surface area contributed by atoms with Gasteiger partial charge in [0.1, 0.15) is 0 Å². The van der Waals surface area contributed by atoms with Gasteiger partial charge in [-0.3, -0.25) is 4.90 Å². The normalized spacial score (nSPS) is 35.1. The predicted molar refractivity (Wildman–Crippen MR) is 77.8 cm³/mol. The molecule has 0 spiro atoms. The Balaban J connectivity index is 1.89. The second-order valence-corrected chi connectivity index (χ2v) is 6.89. The lowest BCUT2D eigenvalue weighted by Gasteiger charge is -2.42. The minimum atomic E-state index is 0.778. The molecule has 2 aliphatic rings. The van der Waals surface area contributed by atoms with E-state index >= 15 is 0 Å². The summed E-state index contributed by atoms with van der Waals surface area (Å²) in [6, 6.07) is 3.30. The first-order chi connectivity index (χ1) is 8.26. The molecule has 0 amide bonds. The maximum absolute atomic E-state index is 3.66. The second kappa shape index (κ2) is 6.44. The SMILES string of the molecule is CCNC1CC2CCC(C1)N2C(C)CSCC. The van der Waals surface area contributed by atoms with Gasteiger partial charge in [0.15, 0.2) is 0 Å². The summed E-state index contributed by atoms with van der Waals surface area (Å²) in [5.74, 6) is 2.57. The molecule has 3 unspecified atom stereocenters. The van der Waals surface area contributed by atoms with Crippen molar-refractivity contribution in [3.63, 3.8) is 0 Å². The summed E-state index contributed by atoms with van der Waals surface area (Å²) in [6.45, 7) is 8.06. The van der Waals surface area contributed by atoms with E-state index < -0.39 is 0 Å². The smallest absolute Gasteiger partial charge is 0.0163 e. The van der Waals surface area contributed by atoms with Crippen LogP contribution in [0.2, 0.25) is 0 Å². The standard InChI is InChI=1S/C14H28N2S/c1-4-15-12-8-13-6-7-14(9-12)16(13)11(3)10-17-5-2/h11-15H,4-10H2,1-3H3. The molecular weight excluding hydrogens is 228 g/mol. The van der Waals surface area contributed by atoms with Crippen molar-refractivity contribution in [2.45, 2.75) is 70.6 Å². The lowest BCUT2D eigenvalue weighted by molar-refractivity contribution is 0.0874. The zero-order valence-electron chi connectivity index (χ0n) is 11.6. The van der Waals surface area contributed by atoms with Crippen LogP contribution in [0.25, 0.3) is 0 Å². The quantitative estimate of drug-likeness (QED) is 0.787. The van der Waals surface area contributed by atoms with Crippen molar-refractivity contribution >= 4 is 11.8 Å². The Labute approximate surface area is 111 Å². The maximum Gasteiger partial charge on any atom is 0.0163 e. The number of nitrogens with one attached hydrogen (secondary N) is 1. The first-order valence-corrected chi connectivity index (χ1v) is 8.50. The summed E-state index contributed by atoms with van der Waals surface area (Å²) >= 11 is 2.10. The molecule has 0 saturated carbocycles. The fourth-order valence-corrected chi connectivity index (χ4v) is 4.51. The van der Waals surface area contributed by atoms with Gasteiger partial charge in [0, 0.05) is 29.9 Å². The summed E-state index contributed by atoms with van der Waals surface area (Å²) < 4.78 is 0. The van der Waals surface area contributed by atoms with Gasteiger partial charge in [-0.2, -0.15) is 11.8 Å². The fourth-order valence-electron chi connectivity index (χ4n) is 3.76. The van der Waals surface area contributed by atoms with Gasteiger partial charge >= 0.3 is 0 Å². The van der Waals surface area contributed by atoms with Crippen molar-refractivity contribution in [3.8, 4) is 0 Å². The van der Waals surface area contributed by atoms with Crippen LogP contribution in [-0.2, 0) is 0 Å². The predicted octanol–water partition coefficient (Wildman–Crippen LogP) is 2.73. The zero-order valence-corrected chi connectivity index (χ0v) is 12.4. The van der Waals surface area contributed by atoms with Crippen LogP contribution in [0.3, 0.4) is 0 Å². The average Bonchev–Trinajstić information content (AvgIpc) is 2.59. The molecule has 100 valence electrons.